The van der Waals surface area contributed by atoms with E-state index in [2.05, 4.69) is 0 Å². The van der Waals surface area contributed by atoms with Gasteiger partial charge in [-0.05, 0) is 65.6 Å². The number of hydrogen-bond donors (Lipinski definition) is 3. The number of carbonyl (C=O) groups is 4. The van der Waals surface area contributed by atoms with E-state index >= 15 is 0 Å². The lowest BCUT2D eigenvalue weighted by atomic mass is 9.75. The molecule has 4 heterocycles. The average molecular weight is 905 g/mol. The van der Waals surface area contributed by atoms with Gasteiger partial charge in [0.05, 0.1) is 47.1 Å². The normalized spacial score (nSPS) is 44.6. The Bertz CT molecular complexity index is 1830. The molecule has 3 saturated heterocycles. The van der Waals surface area contributed by atoms with Crippen LogP contribution in [0.15, 0.2) is 24.3 Å². The van der Waals surface area contributed by atoms with Gasteiger partial charge in [-0.3, -0.25) is 29.0 Å². The number of methoxy groups -OCH3 is 3. The summed E-state index contributed by atoms with van der Waals surface area (Å²) in [6.07, 6.45) is -7.87. The lowest BCUT2D eigenvalue weighted by Crippen LogP contribution is -2.61. The maximum absolute atomic E-state index is 14.3. The molecule has 1 aromatic rings. The van der Waals surface area contributed by atoms with E-state index in [4.69, 9.17) is 37.9 Å². The molecule has 0 aromatic heterocycles. The molecule has 1 aromatic carbocycles. The summed E-state index contributed by atoms with van der Waals surface area (Å²) in [5.41, 5.74) is -2.39. The number of amides is 2. The number of ether oxygens (including phenoxy) is 8. The minimum absolute atomic E-state index is 0.0891. The zero-order chi connectivity index (χ0) is 47.4. The highest BCUT2D eigenvalue weighted by Gasteiger charge is 2.70. The first kappa shape index (κ1) is 50.5. The Morgan fingerprint density at radius 1 is 0.844 bits per heavy atom. The largest absolute Gasteiger partial charge is 0.458 e. The Balaban J connectivity index is 1.35. The van der Waals surface area contributed by atoms with Crippen molar-refractivity contribution in [2.24, 2.45) is 35.5 Å². The van der Waals surface area contributed by atoms with Crippen LogP contribution in [0.2, 0.25) is 0 Å². The second-order valence-electron chi connectivity index (χ2n) is 19.6. The number of imide groups is 1. The third-order valence-electron chi connectivity index (χ3n) is 15.3. The van der Waals surface area contributed by atoms with Gasteiger partial charge in [0, 0.05) is 70.6 Å². The summed E-state index contributed by atoms with van der Waals surface area (Å²) < 4.78 is 51.0. The third kappa shape index (κ3) is 9.21. The summed E-state index contributed by atoms with van der Waals surface area (Å²) in [7, 11) is 6.39. The summed E-state index contributed by atoms with van der Waals surface area (Å²) in [4.78, 5) is 58.3. The zero-order valence-electron chi connectivity index (χ0n) is 39.7. The SMILES string of the molecule is CO[C@H]1[C@H](O[C@@H]2[C@@H](C)[C@H](O[C@H]3C[C@@H](C)[C@H](O)[C@](C)(OC)O3)[C@@H](C)C(=O)O[C@@H]3C(C)[C@]3(O)[C@H](O)[C@@H](C)C(=O)[C@H](C)C[C@]2(C)OC)O[C@H](C)C[C@@H]1N(C)CCN1C(=O)c2ccccc2C1=O. The second-order valence-corrected chi connectivity index (χ2v) is 19.6. The number of fused-ring (bicyclic) bond motifs is 2. The molecule has 2 amide bonds. The van der Waals surface area contributed by atoms with Crippen LogP contribution in [0.5, 0.6) is 0 Å². The molecular weight excluding hydrogens is 833 g/mol. The number of likely N-dealkylation sites (N-methyl/N-ethyl adjacent to an activating group) is 1. The van der Waals surface area contributed by atoms with Gasteiger partial charge in [-0.1, -0.05) is 46.8 Å². The number of Topliss-reactive ketones (excluding diaryl/α,β-unsaturated/α-hetero) is 1. The molecule has 17 heteroatoms. The molecule has 1 unspecified atom stereocenters. The topological polar surface area (TPSA) is 209 Å². The van der Waals surface area contributed by atoms with Crippen LogP contribution in [-0.4, -0.2) is 168 Å². The van der Waals surface area contributed by atoms with E-state index in [-0.39, 0.29) is 55.0 Å². The monoisotopic (exact) mass is 904 g/mol. The first-order valence-electron chi connectivity index (χ1n) is 22.7. The fraction of sp³-hybridized carbons (Fsp3) is 0.787. The maximum atomic E-state index is 14.3. The fourth-order valence-corrected chi connectivity index (χ4v) is 10.8. The smallest absolute Gasteiger partial charge is 0.311 e. The van der Waals surface area contributed by atoms with Crippen LogP contribution in [-0.2, 0) is 47.5 Å². The van der Waals surface area contributed by atoms with Crippen LogP contribution in [0, 0.1) is 35.5 Å². The second kappa shape index (κ2) is 19.3. The van der Waals surface area contributed by atoms with Crippen LogP contribution in [0.1, 0.15) is 102 Å². The van der Waals surface area contributed by atoms with Gasteiger partial charge in [-0.2, -0.15) is 0 Å². The molecule has 19 atom stereocenters. The van der Waals surface area contributed by atoms with Gasteiger partial charge in [0.15, 0.2) is 18.4 Å². The number of nitrogens with zero attached hydrogens (tertiary/aromatic N) is 2. The first-order valence-corrected chi connectivity index (χ1v) is 22.7. The van der Waals surface area contributed by atoms with E-state index in [1.807, 2.05) is 39.6 Å². The van der Waals surface area contributed by atoms with Gasteiger partial charge in [-0.25, -0.2) is 0 Å². The van der Waals surface area contributed by atoms with Gasteiger partial charge >= 0.3 is 5.97 Å². The highest BCUT2D eigenvalue weighted by molar-refractivity contribution is 6.21. The quantitative estimate of drug-likeness (QED) is 0.215. The Kier molecular flexibility index (Phi) is 15.3. The standard InChI is InChI=1S/C47H72N2O15/c1-23-20-33(64-46(9,59-13)37(23)51)61-35-27(5)39(45(8,58-12)22-24(2)34(50)26(4)38(52)47(56)29(7)40(47)62-43(55)28(35)6)63-44-36(57-11)32(21-25(3)60-44)48(10)18-19-49-41(53)30-16-14-15-17-31(30)42(49)54/h14-17,23-29,32-33,35-40,44,51-52,56H,18-22H2,1-13H3/t23-,24-,25-,26+,27+,28-,29?,32+,33-,35+,36-,37+,38-,39-,40-,44+,45+,46-,47+/m1/s1. The van der Waals surface area contributed by atoms with Crippen LogP contribution in [0.4, 0.5) is 0 Å². The van der Waals surface area contributed by atoms with Crippen molar-refractivity contribution in [3.63, 3.8) is 0 Å². The number of aliphatic hydroxyl groups is 3. The lowest BCUT2D eigenvalue weighted by Gasteiger charge is -2.50. The molecule has 3 N–H and O–H groups in total. The van der Waals surface area contributed by atoms with Crippen molar-refractivity contribution in [3.05, 3.63) is 35.4 Å². The van der Waals surface area contributed by atoms with E-state index < -0.39 is 102 Å². The summed E-state index contributed by atoms with van der Waals surface area (Å²) in [5, 5.41) is 34.2. The number of aliphatic hydroxyl groups excluding tert-OH is 2. The van der Waals surface area contributed by atoms with Crippen LogP contribution < -0.4 is 0 Å². The molecule has 4 aliphatic heterocycles. The van der Waals surface area contributed by atoms with E-state index in [1.165, 1.54) is 19.1 Å². The summed E-state index contributed by atoms with van der Waals surface area (Å²) in [6, 6.07) is 6.45. The van der Waals surface area contributed by atoms with Crippen molar-refractivity contribution >= 4 is 23.6 Å². The van der Waals surface area contributed by atoms with Crippen molar-refractivity contribution in [1.82, 2.24) is 9.80 Å². The third-order valence-corrected chi connectivity index (χ3v) is 15.3. The summed E-state index contributed by atoms with van der Waals surface area (Å²) in [6.45, 7) is 16.1. The molecule has 360 valence electrons. The predicted molar refractivity (Wildman–Crippen MR) is 229 cm³/mol. The molecule has 4 fully saturated rings. The van der Waals surface area contributed by atoms with Crippen LogP contribution in [0.3, 0.4) is 0 Å². The van der Waals surface area contributed by atoms with Gasteiger partial charge in [0.1, 0.15) is 29.7 Å². The number of benzene rings is 1. The number of ketones is 1. The Morgan fingerprint density at radius 2 is 1.47 bits per heavy atom. The van der Waals surface area contributed by atoms with Crippen molar-refractivity contribution in [2.75, 3.05) is 41.5 Å². The van der Waals surface area contributed by atoms with Crippen LogP contribution >= 0.6 is 0 Å². The molecule has 1 aliphatic carbocycles. The highest BCUT2D eigenvalue weighted by atomic mass is 16.8. The van der Waals surface area contributed by atoms with Gasteiger partial charge < -0.3 is 53.2 Å². The number of esters is 1. The molecule has 64 heavy (non-hydrogen) atoms. The molecule has 0 radical (unpaired) electrons. The molecular formula is C47H72N2O15. The van der Waals surface area contributed by atoms with Crippen molar-refractivity contribution in [1.29, 1.82) is 0 Å². The number of rotatable bonds is 11. The van der Waals surface area contributed by atoms with Crippen molar-refractivity contribution in [2.45, 2.75) is 160 Å². The fourth-order valence-electron chi connectivity index (χ4n) is 10.8. The minimum Gasteiger partial charge on any atom is -0.458 e. The summed E-state index contributed by atoms with van der Waals surface area (Å²) >= 11 is 0. The zero-order valence-corrected chi connectivity index (χ0v) is 39.7. The first-order chi connectivity index (χ1) is 30.0. The number of carbonyl (C=O) groups excluding carboxylic acids is 4. The van der Waals surface area contributed by atoms with Gasteiger partial charge in [0.25, 0.3) is 11.8 Å². The molecule has 1 saturated carbocycles. The summed E-state index contributed by atoms with van der Waals surface area (Å²) in [5.74, 6) is -7.67. The Labute approximate surface area is 377 Å². The molecule has 6 rings (SSSR count). The highest BCUT2D eigenvalue weighted by Crippen LogP contribution is 2.52. The van der Waals surface area contributed by atoms with Gasteiger partial charge in [-0.15, -0.1) is 0 Å². The van der Waals surface area contributed by atoms with Crippen LogP contribution in [0.25, 0.3) is 0 Å². The van der Waals surface area contributed by atoms with E-state index in [1.54, 1.807) is 66.0 Å². The molecule has 0 bridgehead atoms. The molecule has 5 aliphatic rings. The van der Waals surface area contributed by atoms with E-state index in [0.717, 1.165) is 0 Å². The average Bonchev–Trinajstić information content (AvgIpc) is 3.69. The Hall–Kier alpha value is -2.94. The van der Waals surface area contributed by atoms with Crippen molar-refractivity contribution < 1.29 is 72.4 Å². The van der Waals surface area contributed by atoms with Gasteiger partial charge in [0.2, 0.25) is 0 Å². The minimum atomic E-state index is -1.84. The number of hydrogen-bond acceptors (Lipinski definition) is 16. The maximum Gasteiger partial charge on any atom is 0.311 e. The van der Waals surface area contributed by atoms with E-state index in [9.17, 15) is 34.5 Å². The molecule has 17 nitrogen and oxygen atoms in total. The van der Waals surface area contributed by atoms with Crippen molar-refractivity contribution in [3.8, 4) is 0 Å². The Morgan fingerprint density at radius 3 is 2.05 bits per heavy atom. The van der Waals surface area contributed by atoms with E-state index in [0.29, 0.717) is 24.1 Å². The molecule has 0 spiro atoms. The lowest BCUT2D eigenvalue weighted by molar-refractivity contribution is -0.371. The predicted octanol–water partition coefficient (Wildman–Crippen LogP) is 3.19.